The summed E-state index contributed by atoms with van der Waals surface area (Å²) in [5.74, 6) is 0. The number of carbonyl (C=O) groups is 1. The van der Waals surface area contributed by atoms with Crippen LogP contribution in [-0.4, -0.2) is 39.7 Å². The summed E-state index contributed by atoms with van der Waals surface area (Å²) in [6.07, 6.45) is 3.56. The maximum absolute atomic E-state index is 12.2. The van der Waals surface area contributed by atoms with Gasteiger partial charge in [0.1, 0.15) is 0 Å². The minimum atomic E-state index is -3.52. The van der Waals surface area contributed by atoms with E-state index in [0.717, 1.165) is 32.3 Å². The van der Waals surface area contributed by atoms with Gasteiger partial charge in [-0.05, 0) is 43.9 Å². The first kappa shape index (κ1) is 16.2. The molecule has 126 valence electrons. The molecule has 2 aliphatic rings. The SMILES string of the molecule is O=C(Nc1cccc(S(=O)(=O)NC2CC2)c1)NC1CCCOC1. The molecular formula is C15H21N3O4S. The average molecular weight is 339 g/mol. The van der Waals surface area contributed by atoms with Crippen molar-refractivity contribution in [1.29, 1.82) is 0 Å². The van der Waals surface area contributed by atoms with Gasteiger partial charge < -0.3 is 15.4 Å². The van der Waals surface area contributed by atoms with Crippen LogP contribution in [0, 0.1) is 0 Å². The van der Waals surface area contributed by atoms with Crippen LogP contribution in [0.2, 0.25) is 0 Å². The minimum Gasteiger partial charge on any atom is -0.379 e. The van der Waals surface area contributed by atoms with Crippen LogP contribution in [0.15, 0.2) is 29.2 Å². The number of amides is 2. The van der Waals surface area contributed by atoms with Crippen molar-refractivity contribution in [3.63, 3.8) is 0 Å². The molecule has 1 aliphatic carbocycles. The lowest BCUT2D eigenvalue weighted by atomic mass is 10.1. The van der Waals surface area contributed by atoms with Crippen LogP contribution < -0.4 is 15.4 Å². The molecule has 1 atom stereocenters. The molecular weight excluding hydrogens is 318 g/mol. The van der Waals surface area contributed by atoms with Gasteiger partial charge in [0.25, 0.3) is 0 Å². The third kappa shape index (κ3) is 4.66. The third-order valence-corrected chi connectivity index (χ3v) is 5.32. The highest BCUT2D eigenvalue weighted by molar-refractivity contribution is 7.89. The van der Waals surface area contributed by atoms with E-state index in [0.29, 0.717) is 12.3 Å². The van der Waals surface area contributed by atoms with Gasteiger partial charge in [-0.2, -0.15) is 0 Å². The fraction of sp³-hybridized carbons (Fsp3) is 0.533. The van der Waals surface area contributed by atoms with Gasteiger partial charge in [0.15, 0.2) is 0 Å². The second-order valence-electron chi connectivity index (χ2n) is 5.94. The lowest BCUT2D eigenvalue weighted by Crippen LogP contribution is -2.42. The number of rotatable bonds is 5. The molecule has 2 fully saturated rings. The number of urea groups is 1. The molecule has 0 bridgehead atoms. The van der Waals surface area contributed by atoms with E-state index in [4.69, 9.17) is 4.74 Å². The molecule has 3 N–H and O–H groups in total. The van der Waals surface area contributed by atoms with Gasteiger partial charge in [-0.3, -0.25) is 0 Å². The first-order valence-corrected chi connectivity index (χ1v) is 9.29. The van der Waals surface area contributed by atoms with Crippen LogP contribution in [0.25, 0.3) is 0 Å². The van der Waals surface area contributed by atoms with Gasteiger partial charge in [-0.1, -0.05) is 6.07 Å². The third-order valence-electron chi connectivity index (χ3n) is 3.80. The smallest absolute Gasteiger partial charge is 0.319 e. The second kappa shape index (κ2) is 6.86. The largest absolute Gasteiger partial charge is 0.379 e. The highest BCUT2D eigenvalue weighted by atomic mass is 32.2. The summed E-state index contributed by atoms with van der Waals surface area (Å²) in [6.45, 7) is 1.24. The molecule has 1 heterocycles. The van der Waals surface area contributed by atoms with E-state index >= 15 is 0 Å². The average Bonchev–Trinajstić information content (AvgIpc) is 3.32. The van der Waals surface area contributed by atoms with E-state index in [9.17, 15) is 13.2 Å². The van der Waals surface area contributed by atoms with E-state index in [-0.39, 0.29) is 23.0 Å². The van der Waals surface area contributed by atoms with Crippen LogP contribution in [0.5, 0.6) is 0 Å². The molecule has 1 saturated carbocycles. The van der Waals surface area contributed by atoms with E-state index in [1.54, 1.807) is 12.1 Å². The molecule has 8 heteroatoms. The Hall–Kier alpha value is -1.64. The zero-order chi connectivity index (χ0) is 16.3. The van der Waals surface area contributed by atoms with Crippen LogP contribution >= 0.6 is 0 Å². The highest BCUT2D eigenvalue weighted by Crippen LogP contribution is 2.23. The minimum absolute atomic E-state index is 0.00722. The van der Waals surface area contributed by atoms with E-state index in [1.807, 2.05) is 0 Å². The van der Waals surface area contributed by atoms with Crippen molar-refractivity contribution in [2.24, 2.45) is 0 Å². The molecule has 1 aromatic carbocycles. The topological polar surface area (TPSA) is 96.5 Å². The van der Waals surface area contributed by atoms with Crippen molar-refractivity contribution in [3.8, 4) is 0 Å². The normalized spacial score (nSPS) is 21.7. The van der Waals surface area contributed by atoms with Gasteiger partial charge in [0.2, 0.25) is 10.0 Å². The summed E-state index contributed by atoms with van der Waals surface area (Å²) in [6, 6.07) is 5.93. The first-order chi connectivity index (χ1) is 11.0. The van der Waals surface area contributed by atoms with Crippen LogP contribution in [0.1, 0.15) is 25.7 Å². The summed E-state index contributed by atoms with van der Waals surface area (Å²) in [5.41, 5.74) is 0.442. The highest BCUT2D eigenvalue weighted by Gasteiger charge is 2.28. The number of benzene rings is 1. The van der Waals surface area contributed by atoms with Gasteiger partial charge in [0, 0.05) is 18.3 Å². The van der Waals surface area contributed by atoms with Crippen LogP contribution in [0.3, 0.4) is 0 Å². The quantitative estimate of drug-likeness (QED) is 0.756. The predicted octanol–water partition coefficient (Wildman–Crippen LogP) is 1.43. The Bertz CT molecular complexity index is 667. The Labute approximate surface area is 135 Å². The number of ether oxygens (including phenoxy) is 1. The Balaban J connectivity index is 1.61. The van der Waals surface area contributed by atoms with E-state index < -0.39 is 10.0 Å². The molecule has 1 aromatic rings. The van der Waals surface area contributed by atoms with Gasteiger partial charge in [-0.25, -0.2) is 17.9 Å². The fourth-order valence-electron chi connectivity index (χ4n) is 2.44. The molecule has 0 aromatic heterocycles. The molecule has 1 unspecified atom stereocenters. The van der Waals surface area contributed by atoms with Crippen molar-refractivity contribution < 1.29 is 17.9 Å². The Kier molecular flexibility index (Phi) is 4.84. The lowest BCUT2D eigenvalue weighted by Gasteiger charge is -2.23. The fourth-order valence-corrected chi connectivity index (χ4v) is 3.79. The standard InChI is InChI=1S/C15H21N3O4S/c19-15(17-13-4-2-8-22-10-13)16-12-3-1-5-14(9-12)23(20,21)18-11-6-7-11/h1,3,5,9,11,13,18H,2,4,6-8,10H2,(H2,16,17,19). The Morgan fingerprint density at radius 3 is 2.70 bits per heavy atom. The number of hydrogen-bond acceptors (Lipinski definition) is 4. The van der Waals surface area contributed by atoms with Crippen molar-refractivity contribution in [2.75, 3.05) is 18.5 Å². The summed E-state index contributed by atoms with van der Waals surface area (Å²) < 4.78 is 32.3. The molecule has 2 amide bonds. The van der Waals surface area contributed by atoms with E-state index in [1.165, 1.54) is 12.1 Å². The molecule has 0 radical (unpaired) electrons. The maximum Gasteiger partial charge on any atom is 0.319 e. The van der Waals surface area contributed by atoms with Crippen molar-refractivity contribution in [3.05, 3.63) is 24.3 Å². The van der Waals surface area contributed by atoms with Gasteiger partial charge in [0.05, 0.1) is 17.5 Å². The molecule has 0 spiro atoms. The number of carbonyl (C=O) groups excluding carboxylic acids is 1. The molecule has 7 nitrogen and oxygen atoms in total. The summed E-state index contributed by atoms with van der Waals surface area (Å²) in [5, 5.41) is 5.50. The van der Waals surface area contributed by atoms with Crippen molar-refractivity contribution >= 4 is 21.7 Å². The van der Waals surface area contributed by atoms with Crippen molar-refractivity contribution in [2.45, 2.75) is 42.7 Å². The van der Waals surface area contributed by atoms with E-state index in [2.05, 4.69) is 15.4 Å². The summed E-state index contributed by atoms with van der Waals surface area (Å²) in [7, 11) is -3.52. The van der Waals surface area contributed by atoms with Gasteiger partial charge >= 0.3 is 6.03 Å². The molecule has 1 saturated heterocycles. The van der Waals surface area contributed by atoms with Crippen molar-refractivity contribution in [1.82, 2.24) is 10.0 Å². The van der Waals surface area contributed by atoms with Crippen LogP contribution in [0.4, 0.5) is 10.5 Å². The number of nitrogens with one attached hydrogen (secondary N) is 3. The molecule has 23 heavy (non-hydrogen) atoms. The number of hydrogen-bond donors (Lipinski definition) is 3. The zero-order valence-corrected chi connectivity index (χ0v) is 13.6. The predicted molar refractivity (Wildman–Crippen MR) is 85.8 cm³/mol. The zero-order valence-electron chi connectivity index (χ0n) is 12.7. The first-order valence-electron chi connectivity index (χ1n) is 7.80. The maximum atomic E-state index is 12.2. The number of anilines is 1. The molecule has 1 aliphatic heterocycles. The lowest BCUT2D eigenvalue weighted by molar-refractivity contribution is 0.0739. The number of sulfonamides is 1. The van der Waals surface area contributed by atoms with Gasteiger partial charge in [-0.15, -0.1) is 0 Å². The van der Waals surface area contributed by atoms with Crippen LogP contribution in [-0.2, 0) is 14.8 Å². The Morgan fingerprint density at radius 1 is 1.17 bits per heavy atom. The summed E-state index contributed by atoms with van der Waals surface area (Å²) in [4.78, 5) is 12.1. The summed E-state index contributed by atoms with van der Waals surface area (Å²) >= 11 is 0. The Morgan fingerprint density at radius 2 is 2.00 bits per heavy atom. The monoisotopic (exact) mass is 339 g/mol. The second-order valence-corrected chi connectivity index (χ2v) is 7.65. The molecule has 3 rings (SSSR count).